The van der Waals surface area contributed by atoms with E-state index in [-0.39, 0.29) is 5.75 Å². The Morgan fingerprint density at radius 3 is 2.60 bits per heavy atom. The summed E-state index contributed by atoms with van der Waals surface area (Å²) >= 11 is 3.21. The predicted molar refractivity (Wildman–Crippen MR) is 59.3 cm³/mol. The molecule has 0 radical (unpaired) electrons. The minimum atomic E-state index is -3.57. The van der Waals surface area contributed by atoms with Crippen LogP contribution in [0, 0.1) is 0 Å². The van der Waals surface area contributed by atoms with Gasteiger partial charge in [-0.2, -0.15) is 0 Å². The van der Waals surface area contributed by atoms with E-state index in [2.05, 4.69) is 15.9 Å². The number of aliphatic carboxylic acids is 1. The molecule has 0 aliphatic carbocycles. The molecule has 4 nitrogen and oxygen atoms in total. The third-order valence-corrected chi connectivity index (χ3v) is 3.57. The van der Waals surface area contributed by atoms with E-state index in [1.165, 1.54) is 0 Å². The summed E-state index contributed by atoms with van der Waals surface area (Å²) in [7, 11) is -3.57. The van der Waals surface area contributed by atoms with Gasteiger partial charge in [-0.1, -0.05) is 28.1 Å². The highest BCUT2D eigenvalue weighted by atomic mass is 79.9. The van der Waals surface area contributed by atoms with Crippen molar-refractivity contribution in [2.45, 2.75) is 5.75 Å². The Hall–Kier alpha value is -0.880. The maximum absolute atomic E-state index is 11.3. The lowest BCUT2D eigenvalue weighted by molar-refractivity contribution is -0.134. The molecule has 82 valence electrons. The van der Waals surface area contributed by atoms with Crippen LogP contribution >= 0.6 is 15.9 Å². The minimum absolute atomic E-state index is 0.251. The van der Waals surface area contributed by atoms with Gasteiger partial charge in [-0.05, 0) is 17.7 Å². The molecule has 0 aromatic heterocycles. The Morgan fingerprint density at radius 1 is 1.40 bits per heavy atom. The highest BCUT2D eigenvalue weighted by Gasteiger charge is 2.16. The van der Waals surface area contributed by atoms with E-state index in [9.17, 15) is 13.2 Å². The van der Waals surface area contributed by atoms with Gasteiger partial charge in [0.25, 0.3) is 0 Å². The van der Waals surface area contributed by atoms with Crippen molar-refractivity contribution in [1.82, 2.24) is 0 Å². The van der Waals surface area contributed by atoms with Gasteiger partial charge in [0.05, 0.1) is 5.75 Å². The number of halogens is 1. The second-order valence-electron chi connectivity index (χ2n) is 3.06. The molecule has 0 bridgehead atoms. The van der Waals surface area contributed by atoms with Crippen LogP contribution < -0.4 is 0 Å². The molecule has 0 amide bonds. The van der Waals surface area contributed by atoms with Crippen molar-refractivity contribution in [3.8, 4) is 0 Å². The van der Waals surface area contributed by atoms with Crippen LogP contribution in [-0.4, -0.2) is 25.2 Å². The fourth-order valence-corrected chi connectivity index (χ4v) is 2.73. The van der Waals surface area contributed by atoms with Crippen LogP contribution in [0.3, 0.4) is 0 Å². The zero-order valence-electron chi connectivity index (χ0n) is 7.68. The van der Waals surface area contributed by atoms with Crippen molar-refractivity contribution in [1.29, 1.82) is 0 Å². The van der Waals surface area contributed by atoms with Gasteiger partial charge in [-0.3, -0.25) is 4.79 Å². The molecular formula is C9H9BrO4S. The van der Waals surface area contributed by atoms with Gasteiger partial charge in [0.1, 0.15) is 5.75 Å². The zero-order valence-corrected chi connectivity index (χ0v) is 10.1. The molecular weight excluding hydrogens is 284 g/mol. The SMILES string of the molecule is O=C(O)CS(=O)(=O)Cc1cccc(Br)c1. The largest absolute Gasteiger partial charge is 0.480 e. The summed E-state index contributed by atoms with van der Waals surface area (Å²) in [5.74, 6) is -2.41. The third-order valence-electron chi connectivity index (χ3n) is 1.62. The summed E-state index contributed by atoms with van der Waals surface area (Å²) in [5, 5.41) is 8.39. The molecule has 6 heteroatoms. The lowest BCUT2D eigenvalue weighted by atomic mass is 10.2. The Bertz CT molecular complexity index is 467. The highest BCUT2D eigenvalue weighted by Crippen LogP contribution is 2.14. The second kappa shape index (κ2) is 4.76. The number of carbonyl (C=O) groups is 1. The average molecular weight is 293 g/mol. The van der Waals surface area contributed by atoms with Gasteiger partial charge < -0.3 is 5.11 Å². The summed E-state index contributed by atoms with van der Waals surface area (Å²) in [6, 6.07) is 6.77. The van der Waals surface area contributed by atoms with Crippen LogP contribution in [0.1, 0.15) is 5.56 Å². The predicted octanol–water partition coefficient (Wildman–Crippen LogP) is 1.45. The Morgan fingerprint density at radius 2 is 2.07 bits per heavy atom. The third kappa shape index (κ3) is 4.44. The van der Waals surface area contributed by atoms with E-state index < -0.39 is 21.6 Å². The van der Waals surface area contributed by atoms with Gasteiger partial charge >= 0.3 is 5.97 Å². The number of benzene rings is 1. The highest BCUT2D eigenvalue weighted by molar-refractivity contribution is 9.10. The van der Waals surface area contributed by atoms with Crippen LogP contribution in [0.5, 0.6) is 0 Å². The number of hydrogen-bond acceptors (Lipinski definition) is 3. The normalized spacial score (nSPS) is 11.3. The minimum Gasteiger partial charge on any atom is -0.480 e. The maximum atomic E-state index is 11.3. The number of carboxylic acid groups (broad SMARTS) is 1. The Kier molecular flexibility index (Phi) is 3.87. The molecule has 1 rings (SSSR count). The van der Waals surface area contributed by atoms with Gasteiger partial charge in [0.2, 0.25) is 0 Å². The topological polar surface area (TPSA) is 71.4 Å². The first kappa shape index (κ1) is 12.2. The molecule has 0 saturated heterocycles. The van der Waals surface area contributed by atoms with Gasteiger partial charge in [-0.15, -0.1) is 0 Å². The summed E-state index contributed by atoms with van der Waals surface area (Å²) in [4.78, 5) is 10.3. The van der Waals surface area contributed by atoms with Crippen molar-refractivity contribution in [3.63, 3.8) is 0 Å². The molecule has 1 aromatic rings. The van der Waals surface area contributed by atoms with Gasteiger partial charge in [-0.25, -0.2) is 8.42 Å². The van der Waals surface area contributed by atoms with Crippen LogP contribution in [0.2, 0.25) is 0 Å². The maximum Gasteiger partial charge on any atom is 0.318 e. The van der Waals surface area contributed by atoms with Gasteiger partial charge in [0, 0.05) is 4.47 Å². The first-order chi connectivity index (χ1) is 6.89. The molecule has 0 spiro atoms. The van der Waals surface area contributed by atoms with E-state index in [1.54, 1.807) is 24.3 Å². The van der Waals surface area contributed by atoms with Crippen molar-refractivity contribution in [2.24, 2.45) is 0 Å². The van der Waals surface area contributed by atoms with Crippen molar-refractivity contribution >= 4 is 31.7 Å². The fraction of sp³-hybridized carbons (Fsp3) is 0.222. The van der Waals surface area contributed by atoms with E-state index >= 15 is 0 Å². The first-order valence-corrected chi connectivity index (χ1v) is 6.67. The van der Waals surface area contributed by atoms with Crippen molar-refractivity contribution in [3.05, 3.63) is 34.3 Å². The lowest BCUT2D eigenvalue weighted by Crippen LogP contribution is -2.16. The molecule has 0 saturated carbocycles. The number of rotatable bonds is 4. The monoisotopic (exact) mass is 292 g/mol. The molecule has 1 aromatic carbocycles. The van der Waals surface area contributed by atoms with Crippen LogP contribution in [0.4, 0.5) is 0 Å². The molecule has 0 aliphatic heterocycles. The smallest absolute Gasteiger partial charge is 0.318 e. The standard InChI is InChI=1S/C9H9BrO4S/c10-8-3-1-2-7(4-8)5-15(13,14)6-9(11)12/h1-4H,5-6H2,(H,11,12). The van der Waals surface area contributed by atoms with Crippen molar-refractivity contribution < 1.29 is 18.3 Å². The summed E-state index contributed by atoms with van der Waals surface area (Å²) in [6.07, 6.45) is 0. The molecule has 0 fully saturated rings. The van der Waals surface area contributed by atoms with E-state index in [0.29, 0.717) is 5.56 Å². The number of sulfone groups is 1. The summed E-state index contributed by atoms with van der Waals surface area (Å²) in [5.41, 5.74) is 0.575. The number of hydrogen-bond donors (Lipinski definition) is 1. The van der Waals surface area contributed by atoms with Crippen LogP contribution in [0.25, 0.3) is 0 Å². The van der Waals surface area contributed by atoms with E-state index in [0.717, 1.165) is 4.47 Å². The molecule has 0 heterocycles. The lowest BCUT2D eigenvalue weighted by Gasteiger charge is -2.02. The summed E-state index contributed by atoms with van der Waals surface area (Å²) in [6.45, 7) is 0. The molecule has 0 aliphatic rings. The fourth-order valence-electron chi connectivity index (χ4n) is 1.12. The van der Waals surface area contributed by atoms with E-state index in [1.807, 2.05) is 0 Å². The van der Waals surface area contributed by atoms with Crippen LogP contribution in [-0.2, 0) is 20.4 Å². The van der Waals surface area contributed by atoms with E-state index in [4.69, 9.17) is 5.11 Å². The molecule has 0 unspecified atom stereocenters. The Labute approximate surface area is 96.0 Å². The van der Waals surface area contributed by atoms with Gasteiger partial charge in [0.15, 0.2) is 9.84 Å². The Balaban J connectivity index is 2.82. The van der Waals surface area contributed by atoms with Crippen LogP contribution in [0.15, 0.2) is 28.7 Å². The van der Waals surface area contributed by atoms with Crippen molar-refractivity contribution in [2.75, 3.05) is 5.75 Å². The molecule has 0 atom stereocenters. The number of carboxylic acids is 1. The summed E-state index contributed by atoms with van der Waals surface area (Å²) < 4.78 is 23.4. The second-order valence-corrected chi connectivity index (χ2v) is 6.04. The molecule has 1 N–H and O–H groups in total. The zero-order chi connectivity index (χ0) is 11.5. The first-order valence-electron chi connectivity index (χ1n) is 4.06. The quantitative estimate of drug-likeness (QED) is 0.912. The average Bonchev–Trinajstić information content (AvgIpc) is 1.99. The molecule has 15 heavy (non-hydrogen) atoms.